The predicted octanol–water partition coefficient (Wildman–Crippen LogP) is 4.18. The van der Waals surface area contributed by atoms with E-state index >= 15 is 0 Å². The fraction of sp³-hybridized carbons (Fsp3) is 0.200. The van der Waals surface area contributed by atoms with Gasteiger partial charge in [-0.3, -0.25) is 9.67 Å². The zero-order valence-corrected chi connectivity index (χ0v) is 15.3. The lowest BCUT2D eigenvalue weighted by Gasteiger charge is -2.23. The lowest BCUT2D eigenvalue weighted by atomic mass is 9.96. The first-order valence-corrected chi connectivity index (χ1v) is 8.63. The van der Waals surface area contributed by atoms with E-state index in [1.807, 2.05) is 18.6 Å². The number of hydrogen-bond acceptors (Lipinski definition) is 3. The summed E-state index contributed by atoms with van der Waals surface area (Å²) >= 11 is 0. The number of nitrogens with zero attached hydrogens (tertiary/aromatic N) is 3. The van der Waals surface area contributed by atoms with Crippen LogP contribution in [0.25, 0.3) is 33.3 Å². The molecule has 1 aliphatic rings. The Bertz CT molecular complexity index is 1050. The van der Waals surface area contributed by atoms with Crippen LogP contribution in [0.15, 0.2) is 55.0 Å². The molecule has 1 atom stereocenters. The summed E-state index contributed by atoms with van der Waals surface area (Å²) in [6, 6.07) is 13.0. The van der Waals surface area contributed by atoms with Crippen LogP contribution in [-0.4, -0.2) is 26.3 Å². The van der Waals surface area contributed by atoms with E-state index in [2.05, 4.69) is 63.3 Å². The molecule has 0 saturated carbocycles. The number of pyridine rings is 1. The summed E-state index contributed by atoms with van der Waals surface area (Å²) in [7, 11) is 0. The fourth-order valence-corrected chi connectivity index (χ4v) is 3.77. The van der Waals surface area contributed by atoms with Crippen molar-refractivity contribution in [2.24, 2.45) is 0 Å². The number of benzene rings is 1. The number of rotatable bonds is 2. The third-order valence-electron chi connectivity index (χ3n) is 4.97. The molecule has 5 nitrogen and oxygen atoms in total. The third-order valence-corrected chi connectivity index (χ3v) is 4.97. The molecule has 0 fully saturated rings. The van der Waals surface area contributed by atoms with Crippen molar-refractivity contribution in [2.45, 2.75) is 19.5 Å². The minimum Gasteiger partial charge on any atom is -0.361 e. The standard InChI is InChI=1S/C20H19N5.ClH/c1-13-20-18(15-4-7-21-8-5-15)19(24-25(20)11-10-22-13)16-3-2-14-6-9-23-17(14)12-16;/h2-9,12-13,22-23H,10-11H2,1H3;1H/t13-;/m1./s1. The quantitative estimate of drug-likeness (QED) is 0.560. The number of fused-ring (bicyclic) bond motifs is 2. The van der Waals surface area contributed by atoms with Crippen molar-refractivity contribution in [3.63, 3.8) is 0 Å². The molecule has 0 amide bonds. The average molecular weight is 366 g/mol. The van der Waals surface area contributed by atoms with Crippen molar-refractivity contribution < 1.29 is 0 Å². The van der Waals surface area contributed by atoms with Gasteiger partial charge in [0.1, 0.15) is 5.69 Å². The zero-order chi connectivity index (χ0) is 16.8. The summed E-state index contributed by atoms with van der Waals surface area (Å²) in [6.07, 6.45) is 5.67. The van der Waals surface area contributed by atoms with E-state index in [-0.39, 0.29) is 18.4 Å². The summed E-state index contributed by atoms with van der Waals surface area (Å²) in [5.74, 6) is 0. The first-order chi connectivity index (χ1) is 12.3. The van der Waals surface area contributed by atoms with Crippen LogP contribution in [0.4, 0.5) is 0 Å². The van der Waals surface area contributed by atoms with E-state index < -0.39 is 0 Å². The van der Waals surface area contributed by atoms with Crippen molar-refractivity contribution in [1.29, 1.82) is 0 Å². The number of aromatic amines is 1. The Morgan fingerprint density at radius 2 is 1.92 bits per heavy atom. The second kappa shape index (κ2) is 6.59. The van der Waals surface area contributed by atoms with Gasteiger partial charge in [0.25, 0.3) is 0 Å². The molecule has 4 heterocycles. The van der Waals surface area contributed by atoms with Crippen molar-refractivity contribution in [2.75, 3.05) is 6.54 Å². The van der Waals surface area contributed by atoms with Gasteiger partial charge in [-0.25, -0.2) is 0 Å². The number of H-pyrrole nitrogens is 1. The maximum atomic E-state index is 4.98. The topological polar surface area (TPSA) is 58.5 Å². The molecule has 0 saturated heterocycles. The molecule has 0 aliphatic carbocycles. The Hall–Kier alpha value is -2.63. The third kappa shape index (κ3) is 2.60. The van der Waals surface area contributed by atoms with Gasteiger partial charge < -0.3 is 10.3 Å². The molecule has 6 heteroatoms. The SMILES string of the molecule is C[C@H]1NCCn2nc(-c3ccc4cc[nH]c4c3)c(-c3ccncc3)c21.Cl. The summed E-state index contributed by atoms with van der Waals surface area (Å²) in [4.78, 5) is 7.48. The highest BCUT2D eigenvalue weighted by molar-refractivity contribution is 5.89. The van der Waals surface area contributed by atoms with Gasteiger partial charge in [-0.2, -0.15) is 5.10 Å². The molecular weight excluding hydrogens is 346 g/mol. The van der Waals surface area contributed by atoms with Crippen LogP contribution in [0.5, 0.6) is 0 Å². The van der Waals surface area contributed by atoms with Crippen LogP contribution < -0.4 is 5.32 Å². The van der Waals surface area contributed by atoms with Crippen LogP contribution in [0.1, 0.15) is 18.7 Å². The van der Waals surface area contributed by atoms with Crippen LogP contribution in [0.3, 0.4) is 0 Å². The van der Waals surface area contributed by atoms with Gasteiger partial charge in [0, 0.05) is 47.8 Å². The highest BCUT2D eigenvalue weighted by Crippen LogP contribution is 2.38. The molecule has 0 spiro atoms. The molecule has 26 heavy (non-hydrogen) atoms. The van der Waals surface area contributed by atoms with Gasteiger partial charge in [-0.15, -0.1) is 12.4 Å². The minimum atomic E-state index is 0. The maximum absolute atomic E-state index is 4.98. The molecule has 5 rings (SSSR count). The van der Waals surface area contributed by atoms with Gasteiger partial charge in [-0.05, 0) is 42.1 Å². The van der Waals surface area contributed by atoms with E-state index in [0.29, 0.717) is 0 Å². The van der Waals surface area contributed by atoms with Crippen molar-refractivity contribution in [3.8, 4) is 22.4 Å². The molecule has 1 aromatic carbocycles. The van der Waals surface area contributed by atoms with Gasteiger partial charge >= 0.3 is 0 Å². The molecule has 4 aromatic rings. The summed E-state index contributed by atoms with van der Waals surface area (Å²) in [6.45, 7) is 4.04. The number of hydrogen-bond donors (Lipinski definition) is 2. The Morgan fingerprint density at radius 3 is 2.77 bits per heavy atom. The molecule has 132 valence electrons. The first-order valence-electron chi connectivity index (χ1n) is 8.63. The van der Waals surface area contributed by atoms with E-state index in [4.69, 9.17) is 5.10 Å². The minimum absolute atomic E-state index is 0. The summed E-state index contributed by atoms with van der Waals surface area (Å²) in [5.41, 5.74) is 6.92. The van der Waals surface area contributed by atoms with Crippen LogP contribution >= 0.6 is 12.4 Å². The molecule has 3 aromatic heterocycles. The maximum Gasteiger partial charge on any atom is 0.101 e. The largest absolute Gasteiger partial charge is 0.361 e. The Labute approximate surface area is 157 Å². The second-order valence-electron chi connectivity index (χ2n) is 6.52. The second-order valence-corrected chi connectivity index (χ2v) is 6.52. The predicted molar refractivity (Wildman–Crippen MR) is 106 cm³/mol. The first kappa shape index (κ1) is 16.8. The monoisotopic (exact) mass is 365 g/mol. The molecule has 0 bridgehead atoms. The molecule has 1 aliphatic heterocycles. The van der Waals surface area contributed by atoms with Crippen molar-refractivity contribution >= 4 is 23.3 Å². The number of nitrogens with one attached hydrogen (secondary N) is 2. The smallest absolute Gasteiger partial charge is 0.101 e. The zero-order valence-electron chi connectivity index (χ0n) is 14.4. The van der Waals surface area contributed by atoms with Gasteiger partial charge in [-0.1, -0.05) is 12.1 Å². The van der Waals surface area contributed by atoms with E-state index in [0.717, 1.165) is 35.4 Å². The Morgan fingerprint density at radius 1 is 1.08 bits per heavy atom. The van der Waals surface area contributed by atoms with Gasteiger partial charge in [0.05, 0.1) is 12.2 Å². The molecule has 0 unspecified atom stereocenters. The Balaban J connectivity index is 0.00000168. The summed E-state index contributed by atoms with van der Waals surface area (Å²) < 4.78 is 2.16. The molecular formula is C20H20ClN5. The van der Waals surface area contributed by atoms with E-state index in [1.54, 1.807) is 0 Å². The van der Waals surface area contributed by atoms with E-state index in [9.17, 15) is 0 Å². The lowest BCUT2D eigenvalue weighted by Crippen LogP contribution is -2.32. The number of aromatic nitrogens is 4. The molecule has 2 N–H and O–H groups in total. The van der Waals surface area contributed by atoms with Crippen molar-refractivity contribution in [3.05, 3.63) is 60.7 Å². The highest BCUT2D eigenvalue weighted by atomic mass is 35.5. The number of halogens is 1. The van der Waals surface area contributed by atoms with Crippen LogP contribution in [0.2, 0.25) is 0 Å². The van der Waals surface area contributed by atoms with E-state index in [1.165, 1.54) is 16.6 Å². The Kier molecular flexibility index (Phi) is 4.26. The molecule has 0 radical (unpaired) electrons. The van der Waals surface area contributed by atoms with Crippen LogP contribution in [-0.2, 0) is 6.54 Å². The highest BCUT2D eigenvalue weighted by Gasteiger charge is 2.26. The normalized spacial score (nSPS) is 16.3. The lowest BCUT2D eigenvalue weighted by molar-refractivity contribution is 0.421. The van der Waals surface area contributed by atoms with Crippen LogP contribution in [0, 0.1) is 0 Å². The van der Waals surface area contributed by atoms with Gasteiger partial charge in [0.15, 0.2) is 0 Å². The average Bonchev–Trinajstić information content (AvgIpc) is 3.26. The summed E-state index contributed by atoms with van der Waals surface area (Å²) in [5, 5.41) is 9.75. The van der Waals surface area contributed by atoms with Gasteiger partial charge in [0.2, 0.25) is 0 Å². The van der Waals surface area contributed by atoms with Crippen molar-refractivity contribution in [1.82, 2.24) is 25.1 Å². The fourth-order valence-electron chi connectivity index (χ4n) is 3.77.